The van der Waals surface area contributed by atoms with E-state index in [-0.39, 0.29) is 22.2 Å². The molecule has 2 aromatic carbocycles. The maximum Gasteiger partial charge on any atom is 0.446 e. The van der Waals surface area contributed by atoms with E-state index in [9.17, 15) is 18.0 Å². The summed E-state index contributed by atoms with van der Waals surface area (Å²) in [6.45, 7) is 0. The lowest BCUT2D eigenvalue weighted by Gasteiger charge is -2.13. The van der Waals surface area contributed by atoms with Gasteiger partial charge in [-0.3, -0.25) is 4.79 Å². The number of carbonyl (C=O) groups is 1. The van der Waals surface area contributed by atoms with Gasteiger partial charge in [0.05, 0.1) is 19.8 Å². The van der Waals surface area contributed by atoms with Crippen molar-refractivity contribution in [2.24, 2.45) is 0 Å². The van der Waals surface area contributed by atoms with Gasteiger partial charge in [0.15, 0.2) is 11.5 Å². The second kappa shape index (κ2) is 7.48. The van der Waals surface area contributed by atoms with Crippen molar-refractivity contribution >= 4 is 23.4 Å². The van der Waals surface area contributed by atoms with Gasteiger partial charge in [-0.25, -0.2) is 0 Å². The summed E-state index contributed by atoms with van der Waals surface area (Å²) in [5.74, 6) is 0.228. The molecule has 1 N–H and O–H groups in total. The molecule has 128 valence electrons. The van der Waals surface area contributed by atoms with Gasteiger partial charge in [0.1, 0.15) is 0 Å². The molecule has 0 saturated carbocycles. The molecule has 4 nitrogen and oxygen atoms in total. The number of hydrogen-bond donors (Lipinski definition) is 1. The number of nitrogens with one attached hydrogen (secondary N) is 1. The Balaban J connectivity index is 2.24. The number of amides is 1. The van der Waals surface area contributed by atoms with E-state index in [1.807, 2.05) is 0 Å². The molecule has 2 aromatic rings. The average Bonchev–Trinajstić information content (AvgIpc) is 2.53. The lowest BCUT2D eigenvalue weighted by Crippen LogP contribution is -2.14. The van der Waals surface area contributed by atoms with Crippen molar-refractivity contribution in [2.75, 3.05) is 19.5 Å². The van der Waals surface area contributed by atoms with Crippen LogP contribution in [0.4, 0.5) is 18.9 Å². The van der Waals surface area contributed by atoms with Crippen molar-refractivity contribution in [3.05, 3.63) is 48.0 Å². The highest BCUT2D eigenvalue weighted by Gasteiger charge is 2.31. The minimum atomic E-state index is -4.47. The van der Waals surface area contributed by atoms with Crippen LogP contribution in [-0.2, 0) is 0 Å². The van der Waals surface area contributed by atoms with Crippen molar-refractivity contribution in [1.82, 2.24) is 0 Å². The van der Waals surface area contributed by atoms with Crippen LogP contribution in [0.1, 0.15) is 10.4 Å². The SMILES string of the molecule is COc1ccc(NC(=O)c2ccccc2SC(F)(F)F)cc1OC. The first-order valence-corrected chi connectivity index (χ1v) is 7.54. The normalized spacial score (nSPS) is 11.0. The third kappa shape index (κ3) is 4.58. The molecule has 2 rings (SSSR count). The van der Waals surface area contributed by atoms with Crippen LogP contribution >= 0.6 is 11.8 Å². The Bertz CT molecular complexity index is 735. The maximum absolute atomic E-state index is 12.6. The predicted octanol–water partition coefficient (Wildman–Crippen LogP) is 4.57. The van der Waals surface area contributed by atoms with E-state index in [4.69, 9.17) is 9.47 Å². The fraction of sp³-hybridized carbons (Fsp3) is 0.188. The highest BCUT2D eigenvalue weighted by Crippen LogP contribution is 2.38. The van der Waals surface area contributed by atoms with Gasteiger partial charge < -0.3 is 14.8 Å². The molecule has 0 bridgehead atoms. The van der Waals surface area contributed by atoms with Gasteiger partial charge in [0.2, 0.25) is 0 Å². The zero-order valence-electron chi connectivity index (χ0n) is 12.8. The molecular formula is C16H14F3NO3S. The molecule has 0 atom stereocenters. The molecule has 0 fully saturated rings. The van der Waals surface area contributed by atoms with E-state index in [0.29, 0.717) is 17.2 Å². The zero-order valence-corrected chi connectivity index (χ0v) is 13.6. The monoisotopic (exact) mass is 357 g/mol. The van der Waals surface area contributed by atoms with Crippen LogP contribution in [0.5, 0.6) is 11.5 Å². The Hall–Kier alpha value is -2.35. The quantitative estimate of drug-likeness (QED) is 0.797. The predicted molar refractivity (Wildman–Crippen MR) is 85.9 cm³/mol. The second-order valence-electron chi connectivity index (χ2n) is 4.57. The number of alkyl halides is 3. The zero-order chi connectivity index (χ0) is 17.7. The molecule has 0 unspecified atom stereocenters. The molecule has 0 aliphatic carbocycles. The first-order chi connectivity index (χ1) is 11.3. The number of rotatable bonds is 5. The van der Waals surface area contributed by atoms with E-state index in [1.165, 1.54) is 44.6 Å². The Morgan fingerprint density at radius 2 is 1.71 bits per heavy atom. The number of hydrogen-bond acceptors (Lipinski definition) is 4. The number of ether oxygens (including phenoxy) is 2. The topological polar surface area (TPSA) is 47.6 Å². The Morgan fingerprint density at radius 1 is 1.04 bits per heavy atom. The maximum atomic E-state index is 12.6. The van der Waals surface area contributed by atoms with Gasteiger partial charge >= 0.3 is 5.51 Å². The molecule has 0 heterocycles. The number of carbonyl (C=O) groups excluding carboxylic acids is 1. The van der Waals surface area contributed by atoms with Gasteiger partial charge in [0, 0.05) is 16.6 Å². The Morgan fingerprint density at radius 3 is 2.33 bits per heavy atom. The summed E-state index contributed by atoms with van der Waals surface area (Å²) in [5.41, 5.74) is -4.15. The van der Waals surface area contributed by atoms with Crippen LogP contribution in [0.25, 0.3) is 0 Å². The van der Waals surface area contributed by atoms with Crippen LogP contribution in [0.2, 0.25) is 0 Å². The molecule has 0 spiro atoms. The van der Waals surface area contributed by atoms with E-state index in [2.05, 4.69) is 5.32 Å². The van der Waals surface area contributed by atoms with E-state index < -0.39 is 11.4 Å². The number of benzene rings is 2. The number of anilines is 1. The van der Waals surface area contributed by atoms with Gasteiger partial charge in [-0.15, -0.1) is 0 Å². The van der Waals surface area contributed by atoms with Crippen molar-refractivity contribution < 1.29 is 27.4 Å². The molecule has 1 amide bonds. The van der Waals surface area contributed by atoms with Gasteiger partial charge in [-0.1, -0.05) is 12.1 Å². The van der Waals surface area contributed by atoms with Crippen LogP contribution in [0, 0.1) is 0 Å². The van der Waals surface area contributed by atoms with Gasteiger partial charge in [-0.2, -0.15) is 13.2 Å². The van der Waals surface area contributed by atoms with Crippen molar-refractivity contribution in [2.45, 2.75) is 10.4 Å². The molecule has 24 heavy (non-hydrogen) atoms. The molecule has 0 radical (unpaired) electrons. The summed E-state index contributed by atoms with van der Waals surface area (Å²) >= 11 is -0.326. The minimum absolute atomic E-state index is 0.0605. The van der Waals surface area contributed by atoms with E-state index in [1.54, 1.807) is 12.1 Å². The van der Waals surface area contributed by atoms with Crippen LogP contribution in [0.3, 0.4) is 0 Å². The fourth-order valence-corrected chi connectivity index (χ4v) is 2.65. The van der Waals surface area contributed by atoms with E-state index in [0.717, 1.165) is 0 Å². The van der Waals surface area contributed by atoms with Crippen LogP contribution in [-0.4, -0.2) is 25.6 Å². The lowest BCUT2D eigenvalue weighted by molar-refractivity contribution is -0.0328. The summed E-state index contributed by atoms with van der Waals surface area (Å²) in [6, 6.07) is 10.2. The summed E-state index contributed by atoms with van der Waals surface area (Å²) in [5, 5.41) is 2.56. The highest BCUT2D eigenvalue weighted by atomic mass is 32.2. The van der Waals surface area contributed by atoms with Crippen molar-refractivity contribution in [3.8, 4) is 11.5 Å². The Kier molecular flexibility index (Phi) is 5.61. The number of thioether (sulfide) groups is 1. The summed E-state index contributed by atoms with van der Waals surface area (Å²) in [7, 11) is 2.92. The number of methoxy groups -OCH3 is 2. The molecule has 0 saturated heterocycles. The summed E-state index contributed by atoms with van der Waals surface area (Å²) in [6.07, 6.45) is 0. The van der Waals surface area contributed by atoms with E-state index >= 15 is 0 Å². The van der Waals surface area contributed by atoms with Gasteiger partial charge in [0.25, 0.3) is 5.91 Å². The van der Waals surface area contributed by atoms with Crippen LogP contribution in [0.15, 0.2) is 47.4 Å². The first kappa shape index (κ1) is 18.0. The van der Waals surface area contributed by atoms with Crippen LogP contribution < -0.4 is 14.8 Å². The van der Waals surface area contributed by atoms with Crippen molar-refractivity contribution in [3.63, 3.8) is 0 Å². The standard InChI is InChI=1S/C16H14F3NO3S/c1-22-12-8-7-10(9-13(12)23-2)20-15(21)11-5-3-4-6-14(11)24-16(17,18)19/h3-9H,1-2H3,(H,20,21). The summed E-state index contributed by atoms with van der Waals surface area (Å²) < 4.78 is 48.0. The molecule has 0 aliphatic heterocycles. The van der Waals surface area contributed by atoms with Crippen molar-refractivity contribution in [1.29, 1.82) is 0 Å². The van der Waals surface area contributed by atoms with Gasteiger partial charge in [-0.05, 0) is 36.0 Å². The largest absolute Gasteiger partial charge is 0.493 e. The molecule has 0 aliphatic rings. The smallest absolute Gasteiger partial charge is 0.446 e. The molecule has 8 heteroatoms. The third-order valence-electron chi connectivity index (χ3n) is 3.00. The fourth-order valence-electron chi connectivity index (χ4n) is 1.98. The molecular weight excluding hydrogens is 343 g/mol. The lowest BCUT2D eigenvalue weighted by atomic mass is 10.2. The molecule has 0 aromatic heterocycles. The number of halogens is 3. The second-order valence-corrected chi connectivity index (χ2v) is 5.67. The highest BCUT2D eigenvalue weighted by molar-refractivity contribution is 8.00. The first-order valence-electron chi connectivity index (χ1n) is 6.72. The summed E-state index contributed by atoms with van der Waals surface area (Å²) in [4.78, 5) is 12.1. The Labute approximate surface area is 141 Å². The average molecular weight is 357 g/mol. The third-order valence-corrected chi connectivity index (χ3v) is 3.81. The minimum Gasteiger partial charge on any atom is -0.493 e.